The Balaban J connectivity index is 0.00000144. The number of carboxylic acid groups (broad SMARTS) is 1. The van der Waals surface area contributed by atoms with E-state index in [1.807, 2.05) is 19.2 Å². The van der Waals surface area contributed by atoms with Gasteiger partial charge in [0.05, 0.1) is 11.3 Å². The normalized spacial score (nSPS) is 14.0. The van der Waals surface area contributed by atoms with E-state index in [1.165, 1.54) is 12.8 Å². The second-order valence-corrected chi connectivity index (χ2v) is 5.73. The lowest BCUT2D eigenvalue weighted by Gasteiger charge is -2.16. The van der Waals surface area contributed by atoms with Crippen LogP contribution in [0.4, 0.5) is 5.69 Å². The van der Waals surface area contributed by atoms with Crippen molar-refractivity contribution in [1.29, 1.82) is 0 Å². The van der Waals surface area contributed by atoms with Crippen molar-refractivity contribution in [3.8, 4) is 11.1 Å². The van der Waals surface area contributed by atoms with Crippen LogP contribution in [0.1, 0.15) is 23.2 Å². The van der Waals surface area contributed by atoms with E-state index in [4.69, 9.17) is 5.11 Å². The van der Waals surface area contributed by atoms with Crippen molar-refractivity contribution in [3.63, 3.8) is 0 Å². The van der Waals surface area contributed by atoms with E-state index < -0.39 is 5.97 Å². The van der Waals surface area contributed by atoms with Gasteiger partial charge in [0, 0.05) is 30.0 Å². The number of halogens is 2. The molecule has 1 aromatic carbocycles. The summed E-state index contributed by atoms with van der Waals surface area (Å²) in [6, 6.07) is 8.90. The molecule has 1 aliphatic rings. The predicted molar refractivity (Wildman–Crippen MR) is 101 cm³/mol. The molecule has 2 aromatic rings. The van der Waals surface area contributed by atoms with Gasteiger partial charge in [-0.1, -0.05) is 12.1 Å². The maximum Gasteiger partial charge on any atom is 0.335 e. The number of carboxylic acids is 1. The number of nitrogens with one attached hydrogen (secondary N) is 2. The Labute approximate surface area is 153 Å². The number of carbonyl (C=O) groups is 1. The molecule has 0 spiro atoms. The number of hydrogen-bond acceptors (Lipinski definition) is 4. The van der Waals surface area contributed by atoms with E-state index in [0.717, 1.165) is 23.4 Å². The lowest BCUT2D eigenvalue weighted by atomic mass is 10.0. The van der Waals surface area contributed by atoms with Gasteiger partial charge < -0.3 is 15.7 Å². The first-order valence-electron chi connectivity index (χ1n) is 7.33. The first-order valence-corrected chi connectivity index (χ1v) is 7.33. The smallest absolute Gasteiger partial charge is 0.335 e. The number of pyridine rings is 1. The van der Waals surface area contributed by atoms with Crippen LogP contribution in [0, 0.1) is 0 Å². The molecule has 0 radical (unpaired) electrons. The van der Waals surface area contributed by atoms with Gasteiger partial charge in [-0.05, 0) is 43.7 Å². The third kappa shape index (κ3) is 4.60. The lowest BCUT2D eigenvalue weighted by Crippen LogP contribution is -2.34. The second kappa shape index (κ2) is 8.33. The van der Waals surface area contributed by atoms with Gasteiger partial charge in [-0.3, -0.25) is 4.98 Å². The van der Waals surface area contributed by atoms with Crippen LogP contribution in [0.25, 0.3) is 11.1 Å². The van der Waals surface area contributed by atoms with Crippen LogP contribution >= 0.6 is 24.8 Å². The summed E-state index contributed by atoms with van der Waals surface area (Å²) in [6.45, 7) is 0.865. The molecule has 5 nitrogen and oxygen atoms in total. The standard InChI is InChI=1S/C17H19N3O2.2ClH/c1-18-17(5-6-17)11-20-15-8-14(9-19-10-15)12-3-2-4-13(7-12)16(21)22;;/h2-4,7-10,18,20H,5-6,11H2,1H3,(H,21,22);2*1H. The zero-order valence-corrected chi connectivity index (χ0v) is 14.9. The summed E-state index contributed by atoms with van der Waals surface area (Å²) < 4.78 is 0. The number of aromatic nitrogens is 1. The average Bonchev–Trinajstić information content (AvgIpc) is 3.34. The fourth-order valence-electron chi connectivity index (χ4n) is 2.46. The zero-order valence-electron chi connectivity index (χ0n) is 13.3. The minimum atomic E-state index is -0.922. The maximum absolute atomic E-state index is 11.1. The molecule has 0 bridgehead atoms. The summed E-state index contributed by atoms with van der Waals surface area (Å²) >= 11 is 0. The Bertz CT molecular complexity index is 706. The third-order valence-electron chi connectivity index (χ3n) is 4.20. The molecule has 0 amide bonds. The Morgan fingerprint density at radius 2 is 1.96 bits per heavy atom. The highest BCUT2D eigenvalue weighted by Gasteiger charge is 2.40. The van der Waals surface area contributed by atoms with Gasteiger partial charge in [0.15, 0.2) is 0 Å². The molecule has 0 saturated heterocycles. The van der Waals surface area contributed by atoms with Crippen LogP contribution < -0.4 is 10.6 Å². The van der Waals surface area contributed by atoms with Crippen molar-refractivity contribution in [3.05, 3.63) is 48.3 Å². The molecule has 1 heterocycles. The SMILES string of the molecule is CNC1(CNc2cncc(-c3cccc(C(=O)O)c3)c2)CC1.Cl.Cl. The van der Waals surface area contributed by atoms with Crippen LogP contribution in [0.2, 0.25) is 0 Å². The molecule has 0 aliphatic heterocycles. The largest absolute Gasteiger partial charge is 0.478 e. The molecule has 3 rings (SSSR count). The number of nitrogens with zero attached hydrogens (tertiary/aromatic N) is 1. The molecular formula is C17H21Cl2N3O2. The molecule has 1 saturated carbocycles. The Kier molecular flexibility index (Phi) is 7.02. The summed E-state index contributed by atoms with van der Waals surface area (Å²) in [4.78, 5) is 15.3. The molecule has 24 heavy (non-hydrogen) atoms. The fraction of sp³-hybridized carbons (Fsp3) is 0.294. The van der Waals surface area contributed by atoms with E-state index in [1.54, 1.807) is 30.6 Å². The van der Waals surface area contributed by atoms with Crippen molar-refractivity contribution < 1.29 is 9.90 Å². The van der Waals surface area contributed by atoms with Crippen LogP contribution in [0.3, 0.4) is 0 Å². The number of benzene rings is 1. The summed E-state index contributed by atoms with van der Waals surface area (Å²) in [5.41, 5.74) is 3.20. The third-order valence-corrected chi connectivity index (χ3v) is 4.20. The molecule has 3 N–H and O–H groups in total. The topological polar surface area (TPSA) is 74.2 Å². The van der Waals surface area contributed by atoms with Gasteiger partial charge in [-0.2, -0.15) is 0 Å². The van der Waals surface area contributed by atoms with E-state index in [9.17, 15) is 4.79 Å². The van der Waals surface area contributed by atoms with E-state index in [-0.39, 0.29) is 35.9 Å². The number of rotatable bonds is 6. The number of hydrogen-bond donors (Lipinski definition) is 3. The van der Waals surface area contributed by atoms with E-state index in [2.05, 4.69) is 15.6 Å². The lowest BCUT2D eigenvalue weighted by molar-refractivity contribution is 0.0697. The molecule has 7 heteroatoms. The van der Waals surface area contributed by atoms with E-state index >= 15 is 0 Å². The van der Waals surface area contributed by atoms with Gasteiger partial charge in [0.25, 0.3) is 0 Å². The zero-order chi connectivity index (χ0) is 15.6. The van der Waals surface area contributed by atoms with Gasteiger partial charge in [0.2, 0.25) is 0 Å². The fourth-order valence-corrected chi connectivity index (χ4v) is 2.46. The van der Waals surface area contributed by atoms with Gasteiger partial charge in [-0.15, -0.1) is 24.8 Å². The first-order chi connectivity index (χ1) is 10.6. The Hall–Kier alpha value is -1.82. The van der Waals surface area contributed by atoms with Crippen molar-refractivity contribution in [1.82, 2.24) is 10.3 Å². The van der Waals surface area contributed by atoms with Gasteiger partial charge >= 0.3 is 5.97 Å². The first kappa shape index (κ1) is 20.2. The molecule has 1 aromatic heterocycles. The van der Waals surface area contributed by atoms with Crippen LogP contribution in [-0.2, 0) is 0 Å². The van der Waals surface area contributed by atoms with Crippen molar-refractivity contribution in [2.45, 2.75) is 18.4 Å². The summed E-state index contributed by atoms with van der Waals surface area (Å²) in [5.74, 6) is -0.922. The highest BCUT2D eigenvalue weighted by Crippen LogP contribution is 2.35. The summed E-state index contributed by atoms with van der Waals surface area (Å²) in [7, 11) is 1.99. The predicted octanol–water partition coefficient (Wildman–Crippen LogP) is 3.45. The number of anilines is 1. The van der Waals surface area contributed by atoms with Crippen molar-refractivity contribution in [2.24, 2.45) is 0 Å². The summed E-state index contributed by atoms with van der Waals surface area (Å²) in [5, 5.41) is 15.8. The molecule has 130 valence electrons. The monoisotopic (exact) mass is 369 g/mol. The minimum absolute atomic E-state index is 0. The molecule has 1 fully saturated rings. The maximum atomic E-state index is 11.1. The van der Waals surface area contributed by atoms with Crippen molar-refractivity contribution in [2.75, 3.05) is 18.9 Å². The average molecular weight is 370 g/mol. The van der Waals surface area contributed by atoms with Gasteiger partial charge in [0.1, 0.15) is 0 Å². The molecule has 0 unspecified atom stereocenters. The quantitative estimate of drug-likeness (QED) is 0.726. The van der Waals surface area contributed by atoms with Crippen LogP contribution in [0.5, 0.6) is 0 Å². The highest BCUT2D eigenvalue weighted by atomic mass is 35.5. The van der Waals surface area contributed by atoms with E-state index in [0.29, 0.717) is 0 Å². The summed E-state index contributed by atoms with van der Waals surface area (Å²) in [6.07, 6.45) is 5.90. The Morgan fingerprint density at radius 3 is 2.58 bits per heavy atom. The van der Waals surface area contributed by atoms with Crippen LogP contribution in [-0.4, -0.2) is 35.2 Å². The molecule has 1 aliphatic carbocycles. The molecular weight excluding hydrogens is 349 g/mol. The number of aromatic carboxylic acids is 1. The number of likely N-dealkylation sites (N-methyl/N-ethyl adjacent to an activating group) is 1. The minimum Gasteiger partial charge on any atom is -0.478 e. The highest BCUT2D eigenvalue weighted by molar-refractivity contribution is 5.89. The Morgan fingerprint density at radius 1 is 1.21 bits per heavy atom. The van der Waals surface area contributed by atoms with Crippen LogP contribution in [0.15, 0.2) is 42.7 Å². The van der Waals surface area contributed by atoms with Crippen molar-refractivity contribution >= 4 is 36.5 Å². The molecule has 0 atom stereocenters. The second-order valence-electron chi connectivity index (χ2n) is 5.73. The van der Waals surface area contributed by atoms with Gasteiger partial charge in [-0.25, -0.2) is 4.79 Å².